The van der Waals surface area contributed by atoms with E-state index in [1.54, 1.807) is 0 Å². The summed E-state index contributed by atoms with van der Waals surface area (Å²) in [5, 5.41) is 0. The third-order valence-corrected chi connectivity index (χ3v) is 1.51. The summed E-state index contributed by atoms with van der Waals surface area (Å²) in [4.78, 5) is 3.07. The second-order valence-electron chi connectivity index (χ2n) is 2.41. The van der Waals surface area contributed by atoms with Crippen LogP contribution in [-0.2, 0) is 0 Å². The summed E-state index contributed by atoms with van der Waals surface area (Å²) >= 11 is 0. The zero-order valence-electron chi connectivity index (χ0n) is 6.25. The number of benzene rings is 1. The second kappa shape index (κ2) is 2.33. The highest BCUT2D eigenvalue weighted by Crippen LogP contribution is 2.42. The molecule has 66 valence electrons. The van der Waals surface area contributed by atoms with E-state index < -0.39 is 6.29 Å². The van der Waals surface area contributed by atoms with Gasteiger partial charge in [-0.15, -0.1) is 8.78 Å². The predicted molar refractivity (Wildman–Crippen MR) is 38.9 cm³/mol. The van der Waals surface area contributed by atoms with E-state index in [9.17, 15) is 8.78 Å². The van der Waals surface area contributed by atoms with Crippen molar-refractivity contribution in [3.8, 4) is 11.5 Å². The third kappa shape index (κ3) is 1.26. The number of hydrogen-bond acceptors (Lipinski definition) is 2. The summed E-state index contributed by atoms with van der Waals surface area (Å²) in [5.41, 5.74) is 0.236. The molecule has 0 saturated carbocycles. The lowest BCUT2D eigenvalue weighted by atomic mass is 10.3. The third-order valence-electron chi connectivity index (χ3n) is 1.51. The van der Waals surface area contributed by atoms with Gasteiger partial charge in [0.15, 0.2) is 17.2 Å². The van der Waals surface area contributed by atoms with E-state index in [0.717, 1.165) is 0 Å². The minimum Gasteiger partial charge on any atom is -0.397 e. The zero-order chi connectivity index (χ0) is 9.47. The van der Waals surface area contributed by atoms with Crippen LogP contribution in [0.25, 0.3) is 4.85 Å². The van der Waals surface area contributed by atoms with Crippen LogP contribution in [0, 0.1) is 6.57 Å². The molecule has 1 aliphatic rings. The lowest BCUT2D eigenvalue weighted by molar-refractivity contribution is -0.286. The Bertz CT molecular complexity index is 398. The molecule has 1 aliphatic heterocycles. The first-order chi connectivity index (χ1) is 6.11. The van der Waals surface area contributed by atoms with E-state index in [0.29, 0.717) is 0 Å². The highest BCUT2D eigenvalue weighted by atomic mass is 19.3. The number of ether oxygens (including phenoxy) is 2. The summed E-state index contributed by atoms with van der Waals surface area (Å²) in [6.07, 6.45) is -3.61. The van der Waals surface area contributed by atoms with Gasteiger partial charge in [-0.25, -0.2) is 4.85 Å². The molecule has 0 atom stereocenters. The minimum absolute atomic E-state index is 0.0441. The molecule has 0 fully saturated rings. The zero-order valence-corrected chi connectivity index (χ0v) is 6.25. The highest BCUT2D eigenvalue weighted by Gasteiger charge is 2.43. The van der Waals surface area contributed by atoms with E-state index in [-0.39, 0.29) is 17.2 Å². The van der Waals surface area contributed by atoms with Crippen LogP contribution in [0.15, 0.2) is 18.2 Å². The molecule has 0 spiro atoms. The second-order valence-corrected chi connectivity index (χ2v) is 2.41. The summed E-state index contributed by atoms with van der Waals surface area (Å²) < 4.78 is 33.2. The van der Waals surface area contributed by atoms with Gasteiger partial charge in [-0.05, 0) is 12.1 Å². The molecule has 0 saturated heterocycles. The summed E-state index contributed by atoms with van der Waals surface area (Å²) in [7, 11) is 0. The maximum Gasteiger partial charge on any atom is 0.586 e. The first-order valence-corrected chi connectivity index (χ1v) is 3.38. The quantitative estimate of drug-likeness (QED) is 0.577. The van der Waals surface area contributed by atoms with Crippen molar-refractivity contribution in [2.24, 2.45) is 0 Å². The molecule has 1 aromatic rings. The Morgan fingerprint density at radius 1 is 1.23 bits per heavy atom. The summed E-state index contributed by atoms with van der Waals surface area (Å²) in [5.74, 6) is -0.143. The topological polar surface area (TPSA) is 22.8 Å². The number of fused-ring (bicyclic) bond motifs is 1. The SMILES string of the molecule is [C-]#[N+]c1ccc2c(c1)OC(F)(F)O2. The molecule has 0 amide bonds. The molecule has 0 radical (unpaired) electrons. The monoisotopic (exact) mass is 183 g/mol. The van der Waals surface area contributed by atoms with Crippen LogP contribution in [0.4, 0.5) is 14.5 Å². The Labute approximate surface area is 72.3 Å². The number of alkyl halides is 2. The van der Waals surface area contributed by atoms with Crippen molar-refractivity contribution >= 4 is 5.69 Å². The lowest BCUT2D eigenvalue weighted by Crippen LogP contribution is -2.25. The van der Waals surface area contributed by atoms with E-state index in [1.807, 2.05) is 0 Å². The van der Waals surface area contributed by atoms with Crippen LogP contribution in [0.2, 0.25) is 0 Å². The molecule has 1 aromatic carbocycles. The molecular weight excluding hydrogens is 180 g/mol. The van der Waals surface area contributed by atoms with Gasteiger partial charge < -0.3 is 9.47 Å². The van der Waals surface area contributed by atoms with Crippen molar-refractivity contribution < 1.29 is 18.3 Å². The van der Waals surface area contributed by atoms with Crippen LogP contribution < -0.4 is 9.47 Å². The van der Waals surface area contributed by atoms with Crippen molar-refractivity contribution in [2.75, 3.05) is 0 Å². The number of halogens is 2. The highest BCUT2D eigenvalue weighted by molar-refractivity contribution is 5.56. The molecule has 0 bridgehead atoms. The largest absolute Gasteiger partial charge is 0.586 e. The van der Waals surface area contributed by atoms with Crippen molar-refractivity contribution in [1.29, 1.82) is 0 Å². The average Bonchev–Trinajstić information content (AvgIpc) is 2.36. The van der Waals surface area contributed by atoms with Crippen molar-refractivity contribution in [3.05, 3.63) is 29.6 Å². The number of nitrogens with zero attached hydrogens (tertiary/aromatic N) is 1. The van der Waals surface area contributed by atoms with Gasteiger partial charge in [0.25, 0.3) is 0 Å². The molecule has 2 rings (SSSR count). The minimum atomic E-state index is -3.61. The first kappa shape index (κ1) is 7.80. The molecule has 1 heterocycles. The fourth-order valence-corrected chi connectivity index (χ4v) is 1.01. The van der Waals surface area contributed by atoms with Crippen molar-refractivity contribution in [2.45, 2.75) is 6.29 Å². The molecule has 0 aliphatic carbocycles. The summed E-state index contributed by atoms with van der Waals surface area (Å²) in [6, 6.07) is 3.88. The van der Waals surface area contributed by atoms with Gasteiger partial charge in [0.05, 0.1) is 6.57 Å². The van der Waals surface area contributed by atoms with E-state index >= 15 is 0 Å². The van der Waals surface area contributed by atoms with E-state index in [2.05, 4.69) is 14.3 Å². The van der Waals surface area contributed by atoms with E-state index in [4.69, 9.17) is 6.57 Å². The molecule has 3 nitrogen and oxygen atoms in total. The molecule has 13 heavy (non-hydrogen) atoms. The normalized spacial score (nSPS) is 16.7. The molecular formula is C8H3F2NO2. The Morgan fingerprint density at radius 2 is 1.92 bits per heavy atom. The maximum atomic E-state index is 12.5. The van der Waals surface area contributed by atoms with Crippen molar-refractivity contribution in [1.82, 2.24) is 0 Å². The molecule has 0 aromatic heterocycles. The van der Waals surface area contributed by atoms with Crippen LogP contribution in [0.3, 0.4) is 0 Å². The van der Waals surface area contributed by atoms with Crippen LogP contribution in [0.1, 0.15) is 0 Å². The molecule has 5 heteroatoms. The Balaban J connectivity index is 2.43. The Hall–Kier alpha value is -1.83. The smallest absolute Gasteiger partial charge is 0.397 e. The molecule has 0 N–H and O–H groups in total. The van der Waals surface area contributed by atoms with Gasteiger partial charge in [0.1, 0.15) is 0 Å². The lowest BCUT2D eigenvalue weighted by Gasteiger charge is -2.04. The standard InChI is InChI=1S/C8H3F2NO2/c1-11-5-2-3-6-7(4-5)13-8(9,10)12-6/h2-4H. The van der Waals surface area contributed by atoms with Gasteiger partial charge >= 0.3 is 6.29 Å². The van der Waals surface area contributed by atoms with Gasteiger partial charge in [-0.2, -0.15) is 0 Å². The van der Waals surface area contributed by atoms with Gasteiger partial charge in [-0.1, -0.05) is 6.07 Å². The van der Waals surface area contributed by atoms with Crippen LogP contribution in [-0.4, -0.2) is 6.29 Å². The first-order valence-electron chi connectivity index (χ1n) is 3.38. The van der Waals surface area contributed by atoms with Crippen LogP contribution in [0.5, 0.6) is 11.5 Å². The fraction of sp³-hybridized carbons (Fsp3) is 0.125. The predicted octanol–water partition coefficient (Wildman–Crippen LogP) is 2.56. The Morgan fingerprint density at radius 3 is 2.62 bits per heavy atom. The van der Waals surface area contributed by atoms with Crippen LogP contribution >= 0.6 is 0 Å². The van der Waals surface area contributed by atoms with Gasteiger partial charge in [0.2, 0.25) is 0 Å². The molecule has 0 unspecified atom stereocenters. The van der Waals surface area contributed by atoms with Crippen molar-refractivity contribution in [3.63, 3.8) is 0 Å². The number of rotatable bonds is 0. The Kier molecular flexibility index (Phi) is 1.40. The van der Waals surface area contributed by atoms with E-state index in [1.165, 1.54) is 18.2 Å². The van der Waals surface area contributed by atoms with Gasteiger partial charge in [-0.3, -0.25) is 0 Å². The van der Waals surface area contributed by atoms with Gasteiger partial charge in [0, 0.05) is 0 Å². The average molecular weight is 183 g/mol. The fourth-order valence-electron chi connectivity index (χ4n) is 1.01. The maximum absolute atomic E-state index is 12.5. The summed E-state index contributed by atoms with van der Waals surface area (Å²) in [6.45, 7) is 6.65. The number of hydrogen-bond donors (Lipinski definition) is 0.